The second-order valence-corrected chi connectivity index (χ2v) is 4.74. The third-order valence-corrected chi connectivity index (χ3v) is 3.13. The van der Waals surface area contributed by atoms with Crippen molar-refractivity contribution < 1.29 is 22.7 Å². The van der Waals surface area contributed by atoms with Crippen molar-refractivity contribution >= 4 is 5.97 Å². The molecule has 0 unspecified atom stereocenters. The maximum absolute atomic E-state index is 12.5. The van der Waals surface area contributed by atoms with Gasteiger partial charge in [-0.2, -0.15) is 18.3 Å². The number of carbonyl (C=O) groups is 1. The zero-order chi connectivity index (χ0) is 16.3. The largest absolute Gasteiger partial charge is 0.461 e. The summed E-state index contributed by atoms with van der Waals surface area (Å²) >= 11 is 0. The highest BCUT2D eigenvalue weighted by Gasteiger charge is 2.29. The van der Waals surface area contributed by atoms with Crippen LogP contribution >= 0.6 is 0 Å². The monoisotopic (exact) mass is 312 g/mol. The molecule has 0 atom stereocenters. The van der Waals surface area contributed by atoms with Crippen molar-refractivity contribution in [3.05, 3.63) is 52.8 Å². The molecule has 7 heteroatoms. The van der Waals surface area contributed by atoms with E-state index in [-0.39, 0.29) is 12.3 Å². The van der Waals surface area contributed by atoms with Gasteiger partial charge < -0.3 is 4.74 Å². The Bertz CT molecular complexity index is 660. The van der Waals surface area contributed by atoms with E-state index in [9.17, 15) is 18.0 Å². The van der Waals surface area contributed by atoms with Crippen molar-refractivity contribution in [2.75, 3.05) is 6.61 Å². The molecule has 0 aliphatic rings. The Kier molecular flexibility index (Phi) is 4.54. The summed E-state index contributed by atoms with van der Waals surface area (Å²) in [4.78, 5) is 11.6. The van der Waals surface area contributed by atoms with E-state index < -0.39 is 17.7 Å². The molecule has 1 aromatic carbocycles. The zero-order valence-electron chi connectivity index (χ0n) is 12.1. The second-order valence-electron chi connectivity index (χ2n) is 4.74. The van der Waals surface area contributed by atoms with Gasteiger partial charge in [-0.05, 0) is 30.7 Å². The van der Waals surface area contributed by atoms with Crippen molar-refractivity contribution in [3.8, 4) is 0 Å². The molecule has 0 radical (unpaired) electrons. The van der Waals surface area contributed by atoms with Crippen molar-refractivity contribution in [1.29, 1.82) is 0 Å². The van der Waals surface area contributed by atoms with E-state index in [1.165, 1.54) is 16.8 Å². The fourth-order valence-electron chi connectivity index (χ4n) is 2.00. The molecule has 0 amide bonds. The Labute approximate surface area is 125 Å². The fraction of sp³-hybridized carbons (Fsp3) is 0.333. The van der Waals surface area contributed by atoms with Gasteiger partial charge in [-0.25, -0.2) is 4.79 Å². The number of aromatic nitrogens is 2. The number of nitrogens with zero attached hydrogens (tertiary/aromatic N) is 2. The van der Waals surface area contributed by atoms with Crippen LogP contribution in [0.15, 0.2) is 30.3 Å². The molecule has 0 N–H and O–H groups in total. The number of halogens is 3. The van der Waals surface area contributed by atoms with Gasteiger partial charge in [0.1, 0.15) is 0 Å². The first kappa shape index (κ1) is 16.1. The zero-order valence-corrected chi connectivity index (χ0v) is 12.1. The van der Waals surface area contributed by atoms with Crippen LogP contribution < -0.4 is 0 Å². The lowest BCUT2D eigenvalue weighted by Crippen LogP contribution is -2.06. The van der Waals surface area contributed by atoms with Crippen LogP contribution in [0, 0.1) is 0 Å². The summed E-state index contributed by atoms with van der Waals surface area (Å²) < 4.78 is 43.9. The molecule has 0 spiro atoms. The van der Waals surface area contributed by atoms with Crippen molar-refractivity contribution in [2.24, 2.45) is 7.05 Å². The van der Waals surface area contributed by atoms with Gasteiger partial charge in [-0.15, -0.1) is 0 Å². The Hall–Kier alpha value is -2.31. The molecule has 2 aromatic rings. The van der Waals surface area contributed by atoms with Crippen molar-refractivity contribution in [2.45, 2.75) is 19.5 Å². The van der Waals surface area contributed by atoms with Crippen molar-refractivity contribution in [3.63, 3.8) is 0 Å². The predicted octanol–water partition coefficient (Wildman–Crippen LogP) is 3.21. The van der Waals surface area contributed by atoms with E-state index in [0.717, 1.165) is 12.1 Å². The van der Waals surface area contributed by atoms with Gasteiger partial charge >= 0.3 is 12.1 Å². The first-order valence-corrected chi connectivity index (χ1v) is 6.67. The Morgan fingerprint density at radius 2 is 1.91 bits per heavy atom. The van der Waals surface area contributed by atoms with E-state index in [4.69, 9.17) is 4.74 Å². The SMILES string of the molecule is CCOC(=O)c1cc(Cc2ccc(C(F)(F)F)cc2)n(C)n1. The number of alkyl halides is 3. The summed E-state index contributed by atoms with van der Waals surface area (Å²) in [5.74, 6) is -0.517. The number of carbonyl (C=O) groups excluding carboxylic acids is 1. The molecular weight excluding hydrogens is 297 g/mol. The number of rotatable bonds is 4. The van der Waals surface area contributed by atoms with Crippen LogP contribution in [-0.4, -0.2) is 22.4 Å². The minimum atomic E-state index is -4.35. The maximum atomic E-state index is 12.5. The van der Waals surface area contributed by atoms with Gasteiger partial charge in [0.15, 0.2) is 5.69 Å². The maximum Gasteiger partial charge on any atom is 0.416 e. The molecule has 0 bridgehead atoms. The molecule has 1 aromatic heterocycles. The molecule has 0 aliphatic heterocycles. The summed E-state index contributed by atoms with van der Waals surface area (Å²) in [6, 6.07) is 6.49. The molecule has 22 heavy (non-hydrogen) atoms. The van der Waals surface area contributed by atoms with E-state index in [2.05, 4.69) is 5.10 Å². The van der Waals surface area contributed by atoms with Crippen LogP contribution in [0.1, 0.15) is 34.2 Å². The quantitative estimate of drug-likeness (QED) is 0.814. The average molecular weight is 312 g/mol. The molecule has 1 heterocycles. The van der Waals surface area contributed by atoms with Gasteiger partial charge in [0.05, 0.1) is 12.2 Å². The summed E-state index contributed by atoms with van der Waals surface area (Å²) in [6.07, 6.45) is -3.97. The highest BCUT2D eigenvalue weighted by molar-refractivity contribution is 5.87. The van der Waals surface area contributed by atoms with E-state index in [1.807, 2.05) is 0 Å². The predicted molar refractivity (Wildman–Crippen MR) is 73.4 cm³/mol. The molecule has 118 valence electrons. The van der Waals surface area contributed by atoms with Gasteiger partial charge in [0, 0.05) is 19.2 Å². The minimum absolute atomic E-state index is 0.186. The van der Waals surface area contributed by atoms with Gasteiger partial charge in [0.25, 0.3) is 0 Å². The van der Waals surface area contributed by atoms with Crippen LogP contribution in [0.4, 0.5) is 13.2 Å². The van der Waals surface area contributed by atoms with Crippen molar-refractivity contribution in [1.82, 2.24) is 9.78 Å². The van der Waals surface area contributed by atoms with Crippen LogP contribution in [0.2, 0.25) is 0 Å². The standard InChI is InChI=1S/C15H15F3N2O2/c1-3-22-14(21)13-9-12(20(2)19-13)8-10-4-6-11(7-5-10)15(16,17)18/h4-7,9H,3,8H2,1-2H3. The highest BCUT2D eigenvalue weighted by atomic mass is 19.4. The number of hydrogen-bond donors (Lipinski definition) is 0. The lowest BCUT2D eigenvalue weighted by Gasteiger charge is -2.07. The van der Waals surface area contributed by atoms with Crippen LogP contribution in [0.5, 0.6) is 0 Å². The molecular formula is C15H15F3N2O2. The van der Waals surface area contributed by atoms with Crippen LogP contribution in [0.25, 0.3) is 0 Å². The summed E-state index contributed by atoms with van der Waals surface area (Å²) in [5, 5.41) is 4.04. The molecule has 2 rings (SSSR count). The first-order valence-electron chi connectivity index (χ1n) is 6.67. The number of ether oxygens (including phenoxy) is 1. The van der Waals surface area contributed by atoms with Crippen LogP contribution in [0.3, 0.4) is 0 Å². The Morgan fingerprint density at radius 1 is 1.27 bits per heavy atom. The molecule has 0 saturated heterocycles. The minimum Gasteiger partial charge on any atom is -0.461 e. The lowest BCUT2D eigenvalue weighted by molar-refractivity contribution is -0.137. The lowest BCUT2D eigenvalue weighted by atomic mass is 10.1. The average Bonchev–Trinajstić information content (AvgIpc) is 2.80. The topological polar surface area (TPSA) is 44.1 Å². The molecule has 4 nitrogen and oxygen atoms in total. The van der Waals surface area contributed by atoms with E-state index in [0.29, 0.717) is 17.7 Å². The number of aryl methyl sites for hydroxylation is 1. The summed E-state index contributed by atoms with van der Waals surface area (Å²) in [5.41, 5.74) is 0.911. The highest BCUT2D eigenvalue weighted by Crippen LogP contribution is 2.29. The smallest absolute Gasteiger partial charge is 0.416 e. The fourth-order valence-corrected chi connectivity index (χ4v) is 2.00. The van der Waals surface area contributed by atoms with Gasteiger partial charge in [-0.3, -0.25) is 4.68 Å². The van der Waals surface area contributed by atoms with E-state index in [1.54, 1.807) is 20.0 Å². The number of esters is 1. The third-order valence-electron chi connectivity index (χ3n) is 3.13. The third kappa shape index (κ3) is 3.66. The normalized spacial score (nSPS) is 11.5. The molecule has 0 fully saturated rings. The van der Waals surface area contributed by atoms with Crippen LogP contribution in [-0.2, 0) is 24.4 Å². The van der Waals surface area contributed by atoms with E-state index >= 15 is 0 Å². The molecule has 0 saturated carbocycles. The number of hydrogen-bond acceptors (Lipinski definition) is 3. The Balaban J connectivity index is 2.15. The first-order chi connectivity index (χ1) is 10.3. The van der Waals surface area contributed by atoms with Gasteiger partial charge in [-0.1, -0.05) is 12.1 Å². The number of benzene rings is 1. The summed E-state index contributed by atoms with van der Waals surface area (Å²) in [6.45, 7) is 1.95. The second kappa shape index (κ2) is 6.21. The molecule has 0 aliphatic carbocycles. The summed E-state index contributed by atoms with van der Waals surface area (Å²) in [7, 11) is 1.67. The Morgan fingerprint density at radius 3 is 2.45 bits per heavy atom. The van der Waals surface area contributed by atoms with Gasteiger partial charge in [0.2, 0.25) is 0 Å².